The van der Waals surface area contributed by atoms with Gasteiger partial charge in [0, 0.05) is 29.6 Å². The number of carbonyl (C=O) groups is 2. The van der Waals surface area contributed by atoms with Crippen LogP contribution < -0.4 is 10.6 Å². The molecule has 4 saturated carbocycles. The van der Waals surface area contributed by atoms with Crippen LogP contribution in [0.3, 0.4) is 0 Å². The van der Waals surface area contributed by atoms with Crippen molar-refractivity contribution in [2.24, 2.45) is 16.6 Å². The highest BCUT2D eigenvalue weighted by atomic mass is 32.1. The average molecular weight is 610 g/mol. The summed E-state index contributed by atoms with van der Waals surface area (Å²) >= 11 is 1.69. The van der Waals surface area contributed by atoms with E-state index in [2.05, 4.69) is 35.3 Å². The minimum absolute atomic E-state index is 0.0799. The van der Waals surface area contributed by atoms with Gasteiger partial charge in [-0.05, 0) is 110 Å². The second-order valence-electron chi connectivity index (χ2n) is 14.0. The number of nitrogens with two attached hydrogens (primary N) is 1. The van der Waals surface area contributed by atoms with E-state index in [9.17, 15) is 14.0 Å². The molecule has 8 heteroatoms. The van der Waals surface area contributed by atoms with E-state index >= 15 is 0 Å². The average Bonchev–Trinajstić information content (AvgIpc) is 3.39. The van der Waals surface area contributed by atoms with Crippen LogP contribution in [0.1, 0.15) is 72.3 Å². The van der Waals surface area contributed by atoms with Gasteiger partial charge < -0.3 is 15.4 Å². The first-order valence-electron chi connectivity index (χ1n) is 15.6. The third-order valence-corrected chi connectivity index (χ3v) is 11.8. The van der Waals surface area contributed by atoms with Crippen molar-refractivity contribution in [1.82, 2.24) is 4.98 Å². The number of halogens is 1. The predicted molar refractivity (Wildman–Crippen MR) is 170 cm³/mol. The Labute approximate surface area is 260 Å². The van der Waals surface area contributed by atoms with E-state index in [0.29, 0.717) is 44.4 Å². The number of anilines is 1. The van der Waals surface area contributed by atoms with Crippen LogP contribution in [0.4, 0.5) is 10.1 Å². The summed E-state index contributed by atoms with van der Waals surface area (Å²) in [5.41, 5.74) is 9.33. The largest absolute Gasteiger partial charge is 0.370 e. The molecular weight excluding hydrogens is 573 g/mol. The molecule has 0 unspecified atom stereocenters. The van der Waals surface area contributed by atoms with Gasteiger partial charge >= 0.3 is 0 Å². The Morgan fingerprint density at radius 1 is 0.955 bits per heavy atom. The van der Waals surface area contributed by atoms with Gasteiger partial charge in [-0.2, -0.15) is 0 Å². The fourth-order valence-corrected chi connectivity index (χ4v) is 9.34. The Balaban J connectivity index is 1.07. The Morgan fingerprint density at radius 2 is 1.68 bits per heavy atom. The van der Waals surface area contributed by atoms with E-state index in [1.807, 2.05) is 36.1 Å². The summed E-state index contributed by atoms with van der Waals surface area (Å²) in [4.78, 5) is 32.3. The van der Waals surface area contributed by atoms with E-state index in [0.717, 1.165) is 63.3 Å². The summed E-state index contributed by atoms with van der Waals surface area (Å²) in [6.07, 6.45) is 5.52. The van der Waals surface area contributed by atoms with Crippen molar-refractivity contribution in [2.45, 2.75) is 69.6 Å². The van der Waals surface area contributed by atoms with Crippen LogP contribution in [-0.4, -0.2) is 35.6 Å². The molecule has 226 valence electrons. The Hall–Kier alpha value is -3.62. The molecule has 2 aliphatic heterocycles. The van der Waals surface area contributed by atoms with Crippen molar-refractivity contribution in [3.8, 4) is 11.1 Å². The lowest BCUT2D eigenvalue weighted by atomic mass is 9.41. The number of alkyl halides is 1. The van der Waals surface area contributed by atoms with Gasteiger partial charge in [-0.25, -0.2) is 9.37 Å². The number of aromatic nitrogens is 1. The van der Waals surface area contributed by atoms with Crippen molar-refractivity contribution in [1.29, 1.82) is 0 Å². The van der Waals surface area contributed by atoms with Gasteiger partial charge in [-0.1, -0.05) is 30.3 Å². The number of primary amides is 1. The summed E-state index contributed by atoms with van der Waals surface area (Å²) in [6, 6.07) is 22.1. The second-order valence-corrected chi connectivity index (χ2v) is 15.3. The number of aryl methyl sites for hydroxylation is 1. The molecule has 0 spiro atoms. The molecule has 1 aromatic heterocycles. The molecule has 3 aromatic carbocycles. The number of hydrogen-bond donors (Lipinski definition) is 1. The smallest absolute Gasteiger partial charge is 0.248 e. The Bertz CT molecular complexity index is 1770. The van der Waals surface area contributed by atoms with Crippen LogP contribution in [0.2, 0.25) is 0 Å². The summed E-state index contributed by atoms with van der Waals surface area (Å²) in [5.74, 6) is -0.355. The standard InChI is InChI=1S/C36H36FN3O3S/c1-23-39-29-10-7-26(16-30(29)44-23)25-3-2-4-28(15-25)40(31(41)17-34-18-35(37,19-34)20-34)21-33-11-13-36(14-12-33,43-22-33)27-8-5-24(6-9-27)32(38)42/h2-10,15-16H,11-14,17-22H2,1H3,(H2,38,42). The third kappa shape index (κ3) is 4.57. The highest BCUT2D eigenvalue weighted by Gasteiger charge is 2.69. The van der Waals surface area contributed by atoms with Gasteiger partial charge in [0.25, 0.3) is 0 Å². The van der Waals surface area contributed by atoms with E-state index in [1.165, 1.54) is 0 Å². The van der Waals surface area contributed by atoms with Gasteiger partial charge in [0.1, 0.15) is 5.67 Å². The number of fused-ring (bicyclic) bond motifs is 4. The maximum atomic E-state index is 14.4. The molecule has 10 rings (SSSR count). The lowest BCUT2D eigenvalue weighted by Gasteiger charge is -2.66. The molecule has 2 N–H and O–H groups in total. The van der Waals surface area contributed by atoms with Gasteiger partial charge in [0.05, 0.1) is 27.4 Å². The molecule has 6 nitrogen and oxygen atoms in total. The van der Waals surface area contributed by atoms with Crippen LogP contribution >= 0.6 is 11.3 Å². The third-order valence-electron chi connectivity index (χ3n) is 10.9. The molecule has 44 heavy (non-hydrogen) atoms. The van der Waals surface area contributed by atoms with Crippen molar-refractivity contribution < 1.29 is 18.7 Å². The minimum atomic E-state index is -1.03. The van der Waals surface area contributed by atoms with Gasteiger partial charge in [0.2, 0.25) is 11.8 Å². The Morgan fingerprint density at radius 3 is 2.34 bits per heavy atom. The van der Waals surface area contributed by atoms with E-state index in [1.54, 1.807) is 23.5 Å². The van der Waals surface area contributed by atoms with Gasteiger partial charge in [0.15, 0.2) is 0 Å². The molecule has 4 aliphatic carbocycles. The molecule has 3 heterocycles. The molecule has 6 fully saturated rings. The lowest BCUT2D eigenvalue weighted by molar-refractivity contribution is -0.215. The molecule has 4 bridgehead atoms. The summed E-state index contributed by atoms with van der Waals surface area (Å²) in [5, 5.41) is 1.04. The number of ether oxygens (including phenoxy) is 1. The molecule has 6 aliphatic rings. The van der Waals surface area contributed by atoms with Crippen LogP contribution in [0.25, 0.3) is 21.3 Å². The highest BCUT2D eigenvalue weighted by molar-refractivity contribution is 7.18. The topological polar surface area (TPSA) is 85.5 Å². The van der Waals surface area contributed by atoms with Crippen molar-refractivity contribution in [3.05, 3.63) is 82.9 Å². The first-order chi connectivity index (χ1) is 21.1. The number of carbonyl (C=O) groups excluding carboxylic acids is 2. The minimum Gasteiger partial charge on any atom is -0.370 e. The zero-order valence-corrected chi connectivity index (χ0v) is 25.7. The van der Waals surface area contributed by atoms with Crippen LogP contribution in [0.5, 0.6) is 0 Å². The summed E-state index contributed by atoms with van der Waals surface area (Å²) in [7, 11) is 0. The van der Waals surface area contributed by atoms with Crippen LogP contribution in [-0.2, 0) is 15.1 Å². The zero-order chi connectivity index (χ0) is 30.3. The number of benzene rings is 3. The number of thiazole rings is 1. The predicted octanol–water partition coefficient (Wildman–Crippen LogP) is 7.47. The maximum absolute atomic E-state index is 14.4. The van der Waals surface area contributed by atoms with Gasteiger partial charge in [-0.15, -0.1) is 11.3 Å². The molecule has 4 aromatic rings. The second kappa shape index (κ2) is 9.69. The van der Waals surface area contributed by atoms with Crippen molar-refractivity contribution in [2.75, 3.05) is 18.1 Å². The molecule has 0 atom stereocenters. The van der Waals surface area contributed by atoms with Crippen molar-refractivity contribution in [3.63, 3.8) is 0 Å². The quantitative estimate of drug-likeness (QED) is 0.225. The number of amides is 2. The van der Waals surface area contributed by atoms with E-state index < -0.39 is 11.6 Å². The fourth-order valence-electron chi connectivity index (χ4n) is 8.47. The Kier molecular flexibility index (Phi) is 6.14. The summed E-state index contributed by atoms with van der Waals surface area (Å²) in [6.45, 7) is 3.17. The number of rotatable bonds is 8. The first kappa shape index (κ1) is 27.9. The lowest BCUT2D eigenvalue weighted by Crippen LogP contribution is -2.65. The highest BCUT2D eigenvalue weighted by Crippen LogP contribution is 2.71. The van der Waals surface area contributed by atoms with Crippen LogP contribution in [0.15, 0.2) is 66.7 Å². The summed E-state index contributed by atoms with van der Waals surface area (Å²) < 4.78 is 22.2. The first-order valence-corrected chi connectivity index (χ1v) is 16.4. The van der Waals surface area contributed by atoms with E-state index in [4.69, 9.17) is 10.5 Å². The maximum Gasteiger partial charge on any atom is 0.248 e. The van der Waals surface area contributed by atoms with Crippen LogP contribution in [0, 0.1) is 17.8 Å². The molecule has 0 radical (unpaired) electrons. The van der Waals surface area contributed by atoms with Crippen molar-refractivity contribution >= 4 is 39.1 Å². The van der Waals surface area contributed by atoms with E-state index in [-0.39, 0.29) is 22.3 Å². The number of nitrogens with zero attached hydrogens (tertiary/aromatic N) is 2. The van der Waals surface area contributed by atoms with Gasteiger partial charge in [-0.3, -0.25) is 9.59 Å². The molecule has 2 saturated heterocycles. The zero-order valence-electron chi connectivity index (χ0n) is 24.9. The SMILES string of the molecule is Cc1nc2ccc(-c3cccc(N(CC45CCC(c6ccc(C(N)=O)cc6)(CC4)OC5)C(=O)CC45CC(F)(C4)C5)c3)cc2s1. The monoisotopic (exact) mass is 609 g/mol. The normalized spacial score (nSPS) is 30.0. The fraction of sp³-hybridized carbons (Fsp3) is 0.417. The number of hydrogen-bond acceptors (Lipinski definition) is 5. The molecule has 2 amide bonds. The molecular formula is C36H36FN3O3S.